The number of nitrogens with one attached hydrogen (secondary N) is 1. The third kappa shape index (κ3) is 4.71. The smallest absolute Gasteiger partial charge is 0.119 e. The van der Waals surface area contributed by atoms with E-state index < -0.39 is 0 Å². The highest BCUT2D eigenvalue weighted by molar-refractivity contribution is 9.10. The molecule has 21 heavy (non-hydrogen) atoms. The van der Waals surface area contributed by atoms with Crippen molar-refractivity contribution in [1.82, 2.24) is 10.3 Å². The lowest BCUT2D eigenvalue weighted by molar-refractivity contribution is 0.563. The van der Waals surface area contributed by atoms with Crippen LogP contribution >= 0.6 is 39.3 Å². The van der Waals surface area contributed by atoms with Gasteiger partial charge in [-0.2, -0.15) is 0 Å². The zero-order valence-electron chi connectivity index (χ0n) is 12.1. The van der Waals surface area contributed by atoms with E-state index in [1.807, 2.05) is 12.1 Å². The molecule has 0 saturated carbocycles. The van der Waals surface area contributed by atoms with Crippen molar-refractivity contribution >= 4 is 39.3 Å². The molecule has 1 aromatic heterocycles. The number of hydrogen-bond acceptors (Lipinski definition) is 3. The van der Waals surface area contributed by atoms with Crippen LogP contribution in [-0.2, 0) is 0 Å². The molecule has 112 valence electrons. The minimum atomic E-state index is 0.294. The summed E-state index contributed by atoms with van der Waals surface area (Å²) in [7, 11) is 0. The molecule has 0 aliphatic heterocycles. The Kier molecular flexibility index (Phi) is 6.55. The van der Waals surface area contributed by atoms with E-state index in [2.05, 4.69) is 58.3 Å². The first-order valence-electron chi connectivity index (χ1n) is 6.93. The van der Waals surface area contributed by atoms with Crippen LogP contribution in [0.15, 0.2) is 50.9 Å². The van der Waals surface area contributed by atoms with Gasteiger partial charge in [0.15, 0.2) is 0 Å². The molecule has 1 N–H and O–H groups in total. The highest BCUT2D eigenvalue weighted by atomic mass is 79.9. The number of pyridine rings is 1. The molecule has 0 bridgehead atoms. The maximum Gasteiger partial charge on any atom is 0.119 e. The van der Waals surface area contributed by atoms with E-state index in [9.17, 15) is 0 Å². The van der Waals surface area contributed by atoms with Crippen molar-refractivity contribution < 1.29 is 0 Å². The van der Waals surface area contributed by atoms with E-state index in [1.165, 1.54) is 10.5 Å². The SMILES string of the molecule is CCCNC(C)c1ccc(Br)cc1Sc1ncccc1Cl. The minimum Gasteiger partial charge on any atom is -0.310 e. The Balaban J connectivity index is 2.29. The summed E-state index contributed by atoms with van der Waals surface area (Å²) in [6.07, 6.45) is 2.89. The van der Waals surface area contributed by atoms with Gasteiger partial charge in [0, 0.05) is 21.6 Å². The lowest BCUT2D eigenvalue weighted by atomic mass is 10.1. The van der Waals surface area contributed by atoms with E-state index in [4.69, 9.17) is 11.6 Å². The fraction of sp³-hybridized carbons (Fsp3) is 0.312. The molecule has 1 heterocycles. The summed E-state index contributed by atoms with van der Waals surface area (Å²) in [6.45, 7) is 5.36. The molecule has 0 saturated heterocycles. The zero-order chi connectivity index (χ0) is 15.2. The predicted molar refractivity (Wildman–Crippen MR) is 94.2 cm³/mol. The van der Waals surface area contributed by atoms with Gasteiger partial charge in [-0.05, 0) is 49.7 Å². The van der Waals surface area contributed by atoms with Crippen LogP contribution < -0.4 is 5.32 Å². The summed E-state index contributed by atoms with van der Waals surface area (Å²) in [5, 5.41) is 5.04. The van der Waals surface area contributed by atoms with Crippen LogP contribution in [0, 0.1) is 0 Å². The number of aromatic nitrogens is 1. The van der Waals surface area contributed by atoms with Crippen LogP contribution in [0.25, 0.3) is 0 Å². The molecule has 1 aromatic carbocycles. The van der Waals surface area contributed by atoms with E-state index >= 15 is 0 Å². The zero-order valence-corrected chi connectivity index (χ0v) is 15.2. The normalized spacial score (nSPS) is 12.4. The second-order valence-corrected chi connectivity index (χ2v) is 7.10. The predicted octanol–water partition coefficient (Wildman–Crippen LogP) is 5.71. The molecule has 2 nitrogen and oxygen atoms in total. The van der Waals surface area contributed by atoms with Crippen LogP contribution in [0.3, 0.4) is 0 Å². The van der Waals surface area contributed by atoms with Gasteiger partial charge in [-0.1, -0.05) is 52.3 Å². The second-order valence-electron chi connectivity index (χ2n) is 4.75. The molecule has 5 heteroatoms. The molecule has 0 amide bonds. The molecule has 0 aliphatic carbocycles. The number of halogens is 2. The third-order valence-electron chi connectivity index (χ3n) is 3.07. The van der Waals surface area contributed by atoms with E-state index in [0.29, 0.717) is 11.1 Å². The van der Waals surface area contributed by atoms with Crippen LogP contribution in [0.4, 0.5) is 0 Å². The summed E-state index contributed by atoms with van der Waals surface area (Å²) >= 11 is 11.4. The van der Waals surface area contributed by atoms with Gasteiger partial charge < -0.3 is 5.32 Å². The van der Waals surface area contributed by atoms with Crippen molar-refractivity contribution in [1.29, 1.82) is 0 Å². The third-order valence-corrected chi connectivity index (χ3v) is 5.08. The average Bonchev–Trinajstić information content (AvgIpc) is 2.47. The molecule has 1 atom stereocenters. The number of hydrogen-bond donors (Lipinski definition) is 1. The molecular weight excluding hydrogens is 368 g/mol. The maximum absolute atomic E-state index is 6.22. The molecule has 0 radical (unpaired) electrons. The fourth-order valence-electron chi connectivity index (χ4n) is 1.98. The first-order chi connectivity index (χ1) is 10.1. The topological polar surface area (TPSA) is 24.9 Å². The Hall–Kier alpha value is -0.550. The largest absolute Gasteiger partial charge is 0.310 e. The van der Waals surface area contributed by atoms with E-state index in [1.54, 1.807) is 18.0 Å². The monoisotopic (exact) mass is 384 g/mol. The van der Waals surface area contributed by atoms with Gasteiger partial charge in [-0.25, -0.2) is 4.98 Å². The van der Waals surface area contributed by atoms with Crippen LogP contribution in [0.2, 0.25) is 5.02 Å². The lowest BCUT2D eigenvalue weighted by Crippen LogP contribution is -2.19. The molecule has 2 rings (SSSR count). The summed E-state index contributed by atoms with van der Waals surface area (Å²) in [4.78, 5) is 5.53. The highest BCUT2D eigenvalue weighted by Crippen LogP contribution is 2.37. The van der Waals surface area contributed by atoms with Gasteiger partial charge in [0.1, 0.15) is 5.03 Å². The van der Waals surface area contributed by atoms with Gasteiger partial charge >= 0.3 is 0 Å². The number of benzene rings is 1. The van der Waals surface area contributed by atoms with Crippen LogP contribution in [-0.4, -0.2) is 11.5 Å². The number of rotatable bonds is 6. The summed E-state index contributed by atoms with van der Waals surface area (Å²) < 4.78 is 1.06. The molecule has 0 fully saturated rings. The second kappa shape index (κ2) is 8.18. The van der Waals surface area contributed by atoms with E-state index in [-0.39, 0.29) is 0 Å². The molecule has 0 aliphatic rings. The minimum absolute atomic E-state index is 0.294. The van der Waals surface area contributed by atoms with Gasteiger partial charge in [0.05, 0.1) is 5.02 Å². The molecule has 0 spiro atoms. The van der Waals surface area contributed by atoms with E-state index in [0.717, 1.165) is 22.5 Å². The number of nitrogens with zero attached hydrogens (tertiary/aromatic N) is 1. The Morgan fingerprint density at radius 3 is 2.90 bits per heavy atom. The Labute approximate surface area is 143 Å². The van der Waals surface area contributed by atoms with Crippen molar-refractivity contribution in [3.8, 4) is 0 Å². The van der Waals surface area contributed by atoms with Crippen molar-refractivity contribution in [2.24, 2.45) is 0 Å². The summed E-state index contributed by atoms with van der Waals surface area (Å²) in [5.41, 5.74) is 1.26. The first-order valence-corrected chi connectivity index (χ1v) is 8.91. The first kappa shape index (κ1) is 16.8. The Morgan fingerprint density at radius 2 is 2.19 bits per heavy atom. The average molecular weight is 386 g/mol. The molecular formula is C16H18BrClN2S. The fourth-order valence-corrected chi connectivity index (χ4v) is 3.76. The molecule has 1 unspecified atom stereocenters. The van der Waals surface area contributed by atoms with Crippen molar-refractivity contribution in [3.63, 3.8) is 0 Å². The van der Waals surface area contributed by atoms with Crippen LogP contribution in [0.1, 0.15) is 31.9 Å². The standard InChI is InChI=1S/C16H18BrClN2S/c1-3-8-19-11(2)13-7-6-12(17)10-15(13)21-16-14(18)5-4-9-20-16/h4-7,9-11,19H,3,8H2,1-2H3. The maximum atomic E-state index is 6.22. The summed E-state index contributed by atoms with van der Waals surface area (Å²) in [6, 6.07) is 10.4. The van der Waals surface area contributed by atoms with Crippen molar-refractivity contribution in [3.05, 3.63) is 51.6 Å². The highest BCUT2D eigenvalue weighted by Gasteiger charge is 2.13. The molecule has 2 aromatic rings. The van der Waals surface area contributed by atoms with Crippen molar-refractivity contribution in [2.45, 2.75) is 36.2 Å². The summed E-state index contributed by atoms with van der Waals surface area (Å²) in [5.74, 6) is 0. The van der Waals surface area contributed by atoms with Gasteiger partial charge in [0.2, 0.25) is 0 Å². The van der Waals surface area contributed by atoms with Crippen molar-refractivity contribution in [2.75, 3.05) is 6.54 Å². The quantitative estimate of drug-likeness (QED) is 0.689. The van der Waals surface area contributed by atoms with Crippen LogP contribution in [0.5, 0.6) is 0 Å². The van der Waals surface area contributed by atoms with Gasteiger partial charge in [-0.15, -0.1) is 0 Å². The lowest BCUT2D eigenvalue weighted by Gasteiger charge is -2.18. The Bertz CT molecular complexity index is 607. The van der Waals surface area contributed by atoms with Gasteiger partial charge in [-0.3, -0.25) is 0 Å². The Morgan fingerprint density at radius 1 is 1.38 bits per heavy atom. The van der Waals surface area contributed by atoms with Gasteiger partial charge in [0.25, 0.3) is 0 Å².